The van der Waals surface area contributed by atoms with E-state index in [1.165, 1.54) is 12.8 Å². The second-order valence-corrected chi connectivity index (χ2v) is 6.06. The van der Waals surface area contributed by atoms with Gasteiger partial charge in [-0.3, -0.25) is 0 Å². The number of rotatable bonds is 3. The third kappa shape index (κ3) is 1.86. The van der Waals surface area contributed by atoms with E-state index in [-0.39, 0.29) is 0 Å². The molecular weight excluding hydrogens is 260 g/mol. The largest absolute Gasteiger partial charge is 0.496 e. The maximum Gasteiger partial charge on any atom is 0.174 e. The minimum absolute atomic E-state index is 0.400. The van der Waals surface area contributed by atoms with Gasteiger partial charge in [0.1, 0.15) is 5.75 Å². The summed E-state index contributed by atoms with van der Waals surface area (Å²) in [6.07, 6.45) is 2.62. The van der Waals surface area contributed by atoms with Crippen molar-refractivity contribution in [2.45, 2.75) is 25.4 Å². The second kappa shape index (κ2) is 4.31. The van der Waals surface area contributed by atoms with Crippen LogP contribution in [0.25, 0.3) is 10.7 Å². The predicted octanol–water partition coefficient (Wildman–Crippen LogP) is 2.07. The standard InChI is InChI=1S/C13H16N4OS/c1-18-9-6-10(19-7-9)12-15-16-13-11(8-2-3-8)14-4-5-17(12)13/h6-8,11,14H,2-5H2,1H3. The van der Waals surface area contributed by atoms with Gasteiger partial charge < -0.3 is 14.6 Å². The van der Waals surface area contributed by atoms with Crippen molar-refractivity contribution >= 4 is 11.3 Å². The Labute approximate surface area is 115 Å². The molecule has 1 N–H and O–H groups in total. The molecule has 1 saturated carbocycles. The zero-order chi connectivity index (χ0) is 12.8. The van der Waals surface area contributed by atoms with Crippen molar-refractivity contribution in [3.05, 3.63) is 17.3 Å². The molecule has 0 bridgehead atoms. The summed E-state index contributed by atoms with van der Waals surface area (Å²) in [6, 6.07) is 2.44. The molecule has 0 spiro atoms. The van der Waals surface area contributed by atoms with Crippen molar-refractivity contribution in [3.8, 4) is 16.5 Å². The van der Waals surface area contributed by atoms with Crippen LogP contribution in [0.4, 0.5) is 0 Å². The maximum atomic E-state index is 5.25. The number of thiophene rings is 1. The van der Waals surface area contributed by atoms with Gasteiger partial charge in [-0.2, -0.15) is 0 Å². The molecule has 4 rings (SSSR count). The Morgan fingerprint density at radius 2 is 2.32 bits per heavy atom. The number of ether oxygens (including phenoxy) is 1. The normalized spacial score (nSPS) is 22.3. The molecule has 0 aromatic carbocycles. The Morgan fingerprint density at radius 1 is 1.42 bits per heavy atom. The third-order valence-electron chi connectivity index (χ3n) is 3.88. The molecule has 5 nitrogen and oxygen atoms in total. The van der Waals surface area contributed by atoms with E-state index in [0.717, 1.165) is 41.3 Å². The minimum Gasteiger partial charge on any atom is -0.496 e. The second-order valence-electron chi connectivity index (χ2n) is 5.15. The molecule has 1 atom stereocenters. The Balaban J connectivity index is 1.73. The fourth-order valence-corrected chi connectivity index (χ4v) is 3.57. The molecule has 19 heavy (non-hydrogen) atoms. The SMILES string of the molecule is COc1csc(-c2nnc3n2CCNC3C2CC2)c1. The molecule has 1 unspecified atom stereocenters. The highest BCUT2D eigenvalue weighted by molar-refractivity contribution is 7.13. The molecule has 0 radical (unpaired) electrons. The third-order valence-corrected chi connectivity index (χ3v) is 4.79. The fourth-order valence-electron chi connectivity index (χ4n) is 2.72. The molecule has 3 heterocycles. The Hall–Kier alpha value is -1.40. The predicted molar refractivity (Wildman–Crippen MR) is 73.4 cm³/mol. The number of nitrogens with zero attached hydrogens (tertiary/aromatic N) is 3. The van der Waals surface area contributed by atoms with Crippen molar-refractivity contribution in [1.82, 2.24) is 20.1 Å². The van der Waals surface area contributed by atoms with E-state index in [1.54, 1.807) is 18.4 Å². The molecule has 1 aliphatic heterocycles. The van der Waals surface area contributed by atoms with Gasteiger partial charge in [0.05, 0.1) is 18.0 Å². The lowest BCUT2D eigenvalue weighted by Gasteiger charge is -2.24. The number of fused-ring (bicyclic) bond motifs is 1. The summed E-state index contributed by atoms with van der Waals surface area (Å²) in [7, 11) is 1.69. The minimum atomic E-state index is 0.400. The maximum absolute atomic E-state index is 5.25. The van der Waals surface area contributed by atoms with E-state index >= 15 is 0 Å². The summed E-state index contributed by atoms with van der Waals surface area (Å²) in [4.78, 5) is 1.13. The van der Waals surface area contributed by atoms with Gasteiger partial charge in [0.2, 0.25) is 0 Å². The number of hydrogen-bond acceptors (Lipinski definition) is 5. The van der Waals surface area contributed by atoms with Gasteiger partial charge in [0.15, 0.2) is 11.6 Å². The Kier molecular flexibility index (Phi) is 2.60. The van der Waals surface area contributed by atoms with Crippen molar-refractivity contribution in [2.24, 2.45) is 5.92 Å². The first-order valence-corrected chi connectivity index (χ1v) is 7.54. The molecule has 6 heteroatoms. The molecule has 0 amide bonds. The molecule has 2 aliphatic rings. The van der Waals surface area contributed by atoms with Crippen LogP contribution in [0.1, 0.15) is 24.7 Å². The van der Waals surface area contributed by atoms with E-state index < -0.39 is 0 Å². The molecule has 1 fully saturated rings. The summed E-state index contributed by atoms with van der Waals surface area (Å²) in [5.41, 5.74) is 0. The Bertz CT molecular complexity index is 602. The first-order chi connectivity index (χ1) is 9.36. The quantitative estimate of drug-likeness (QED) is 0.932. The van der Waals surface area contributed by atoms with Crippen LogP contribution in [0.2, 0.25) is 0 Å². The van der Waals surface area contributed by atoms with E-state index in [9.17, 15) is 0 Å². The highest BCUT2D eigenvalue weighted by Gasteiger charge is 2.37. The zero-order valence-electron chi connectivity index (χ0n) is 10.8. The van der Waals surface area contributed by atoms with Crippen LogP contribution in [0.3, 0.4) is 0 Å². The van der Waals surface area contributed by atoms with Crippen LogP contribution in [0, 0.1) is 5.92 Å². The summed E-state index contributed by atoms with van der Waals surface area (Å²) in [5.74, 6) is 3.74. The van der Waals surface area contributed by atoms with Crippen molar-refractivity contribution in [3.63, 3.8) is 0 Å². The van der Waals surface area contributed by atoms with Gasteiger partial charge in [0.25, 0.3) is 0 Å². The van der Waals surface area contributed by atoms with Gasteiger partial charge in [0, 0.05) is 24.5 Å². The lowest BCUT2D eigenvalue weighted by atomic mass is 10.1. The average molecular weight is 276 g/mol. The number of aromatic nitrogens is 3. The average Bonchev–Trinajstić information content (AvgIpc) is 3.02. The molecule has 0 saturated heterocycles. The van der Waals surface area contributed by atoms with Crippen LogP contribution >= 0.6 is 11.3 Å². The van der Waals surface area contributed by atoms with Crippen molar-refractivity contribution in [2.75, 3.05) is 13.7 Å². The first-order valence-electron chi connectivity index (χ1n) is 6.66. The van der Waals surface area contributed by atoms with Crippen LogP contribution in [-0.4, -0.2) is 28.4 Å². The molecule has 1 aliphatic carbocycles. The smallest absolute Gasteiger partial charge is 0.174 e. The van der Waals surface area contributed by atoms with Gasteiger partial charge in [-0.1, -0.05) is 0 Å². The topological polar surface area (TPSA) is 52.0 Å². The number of methoxy groups -OCH3 is 1. The molecular formula is C13H16N4OS. The zero-order valence-corrected chi connectivity index (χ0v) is 11.6. The van der Waals surface area contributed by atoms with Crippen LogP contribution in [-0.2, 0) is 6.54 Å². The lowest BCUT2D eigenvalue weighted by Crippen LogP contribution is -2.35. The van der Waals surface area contributed by atoms with Crippen LogP contribution in [0.5, 0.6) is 5.75 Å². The fraction of sp³-hybridized carbons (Fsp3) is 0.538. The molecule has 2 aromatic heterocycles. The van der Waals surface area contributed by atoms with Crippen LogP contribution < -0.4 is 10.1 Å². The van der Waals surface area contributed by atoms with Crippen LogP contribution in [0.15, 0.2) is 11.4 Å². The summed E-state index contributed by atoms with van der Waals surface area (Å²) in [5, 5.41) is 14.4. The highest BCUT2D eigenvalue weighted by atomic mass is 32.1. The number of nitrogens with one attached hydrogen (secondary N) is 1. The van der Waals surface area contributed by atoms with Gasteiger partial charge >= 0.3 is 0 Å². The summed E-state index contributed by atoms with van der Waals surface area (Å²) >= 11 is 1.66. The molecule has 2 aromatic rings. The van der Waals surface area contributed by atoms with Crippen molar-refractivity contribution < 1.29 is 4.74 Å². The first kappa shape index (κ1) is 11.4. The van der Waals surface area contributed by atoms with Gasteiger partial charge in [-0.05, 0) is 18.8 Å². The Morgan fingerprint density at radius 3 is 3.05 bits per heavy atom. The van der Waals surface area contributed by atoms with E-state index in [1.807, 2.05) is 11.4 Å². The van der Waals surface area contributed by atoms with Gasteiger partial charge in [-0.25, -0.2) is 0 Å². The highest BCUT2D eigenvalue weighted by Crippen LogP contribution is 2.42. The molecule has 100 valence electrons. The lowest BCUT2D eigenvalue weighted by molar-refractivity contribution is 0.383. The summed E-state index contributed by atoms with van der Waals surface area (Å²) < 4.78 is 7.52. The monoisotopic (exact) mass is 276 g/mol. The number of hydrogen-bond donors (Lipinski definition) is 1. The van der Waals surface area contributed by atoms with E-state index in [0.29, 0.717) is 6.04 Å². The summed E-state index contributed by atoms with van der Waals surface area (Å²) in [6.45, 7) is 1.95. The van der Waals surface area contributed by atoms with Crippen molar-refractivity contribution in [1.29, 1.82) is 0 Å². The van der Waals surface area contributed by atoms with E-state index in [4.69, 9.17) is 4.74 Å². The van der Waals surface area contributed by atoms with Gasteiger partial charge in [-0.15, -0.1) is 21.5 Å². The van der Waals surface area contributed by atoms with E-state index in [2.05, 4.69) is 20.1 Å².